The van der Waals surface area contributed by atoms with Crippen molar-refractivity contribution in [3.63, 3.8) is 0 Å². The highest BCUT2D eigenvalue weighted by Crippen LogP contribution is 2.31. The Kier molecular flexibility index (Phi) is 5.39. The molecule has 0 heterocycles. The quantitative estimate of drug-likeness (QED) is 0.725. The number of carboxylic acid groups (broad SMARTS) is 1. The van der Waals surface area contributed by atoms with Crippen LogP contribution in [0.5, 0.6) is 0 Å². The Morgan fingerprint density at radius 1 is 1.41 bits per heavy atom. The number of nitrogens with zero attached hydrogens (tertiary/aromatic N) is 1. The van der Waals surface area contributed by atoms with Gasteiger partial charge in [0.1, 0.15) is 0 Å². The molecule has 0 spiro atoms. The molecule has 98 valence electrons. The summed E-state index contributed by atoms with van der Waals surface area (Å²) >= 11 is 0. The van der Waals surface area contributed by atoms with Crippen LogP contribution in [0.3, 0.4) is 0 Å². The van der Waals surface area contributed by atoms with E-state index >= 15 is 0 Å². The van der Waals surface area contributed by atoms with E-state index in [-0.39, 0.29) is 18.2 Å². The first-order chi connectivity index (χ1) is 7.61. The fourth-order valence-electron chi connectivity index (χ4n) is 1.47. The van der Waals surface area contributed by atoms with Crippen LogP contribution in [-0.2, 0) is 9.59 Å². The second-order valence-electron chi connectivity index (χ2n) is 5.26. The fraction of sp³-hybridized carbons (Fsp3) is 0.692. The zero-order chi connectivity index (χ0) is 13.8. The van der Waals surface area contributed by atoms with E-state index in [1.807, 2.05) is 20.8 Å². The lowest BCUT2D eigenvalue weighted by Gasteiger charge is -2.30. The Labute approximate surface area is 103 Å². The molecule has 0 aliphatic carbocycles. The van der Waals surface area contributed by atoms with E-state index < -0.39 is 11.4 Å². The molecule has 0 aliphatic heterocycles. The Balaban J connectivity index is 4.74. The monoisotopic (exact) mass is 241 g/mol. The van der Waals surface area contributed by atoms with Crippen LogP contribution < -0.4 is 0 Å². The highest BCUT2D eigenvalue weighted by atomic mass is 16.4. The standard InChI is InChI=1S/C13H23NO3/c1-9(2)8-14(6)11(15)7-13(5,10(3)4)12(16)17/h10H,1,7-8H2,2-6H3,(H,16,17). The van der Waals surface area contributed by atoms with Crippen LogP contribution in [0.15, 0.2) is 12.2 Å². The molecule has 0 aromatic heterocycles. The van der Waals surface area contributed by atoms with Crippen molar-refractivity contribution in [3.8, 4) is 0 Å². The average molecular weight is 241 g/mol. The SMILES string of the molecule is C=C(C)CN(C)C(=O)CC(C)(C(=O)O)C(C)C. The van der Waals surface area contributed by atoms with Crippen molar-refractivity contribution in [1.82, 2.24) is 4.90 Å². The van der Waals surface area contributed by atoms with Crippen LogP contribution in [0.25, 0.3) is 0 Å². The molecule has 0 aromatic rings. The minimum absolute atomic E-state index is 0.0176. The Hall–Kier alpha value is -1.32. The van der Waals surface area contributed by atoms with E-state index in [2.05, 4.69) is 6.58 Å². The predicted octanol–water partition coefficient (Wildman–Crippen LogP) is 2.16. The molecule has 1 unspecified atom stereocenters. The normalized spacial score (nSPS) is 14.2. The zero-order valence-corrected chi connectivity index (χ0v) is 11.4. The van der Waals surface area contributed by atoms with Crippen LogP contribution in [0.4, 0.5) is 0 Å². The number of aliphatic carboxylic acids is 1. The molecule has 0 saturated heterocycles. The number of hydrogen-bond acceptors (Lipinski definition) is 2. The molecule has 17 heavy (non-hydrogen) atoms. The van der Waals surface area contributed by atoms with Crippen LogP contribution in [0.1, 0.15) is 34.1 Å². The first kappa shape index (κ1) is 15.7. The van der Waals surface area contributed by atoms with Gasteiger partial charge in [0.05, 0.1) is 5.41 Å². The molecule has 4 heteroatoms. The summed E-state index contributed by atoms with van der Waals surface area (Å²) in [6.45, 7) is 11.3. The summed E-state index contributed by atoms with van der Waals surface area (Å²) in [6, 6.07) is 0. The maximum Gasteiger partial charge on any atom is 0.310 e. The lowest BCUT2D eigenvalue weighted by atomic mass is 9.76. The van der Waals surface area contributed by atoms with Gasteiger partial charge in [-0.25, -0.2) is 0 Å². The topological polar surface area (TPSA) is 57.6 Å². The number of rotatable bonds is 6. The Morgan fingerprint density at radius 3 is 2.18 bits per heavy atom. The van der Waals surface area contributed by atoms with Gasteiger partial charge in [0.2, 0.25) is 5.91 Å². The van der Waals surface area contributed by atoms with Gasteiger partial charge in [-0.05, 0) is 19.8 Å². The van der Waals surface area contributed by atoms with Crippen LogP contribution in [0.2, 0.25) is 0 Å². The van der Waals surface area contributed by atoms with Crippen molar-refractivity contribution in [2.75, 3.05) is 13.6 Å². The lowest BCUT2D eigenvalue weighted by Crippen LogP contribution is -2.40. The average Bonchev–Trinajstić information content (AvgIpc) is 2.15. The van der Waals surface area contributed by atoms with Gasteiger partial charge in [-0.15, -0.1) is 0 Å². The van der Waals surface area contributed by atoms with Gasteiger partial charge < -0.3 is 10.0 Å². The zero-order valence-electron chi connectivity index (χ0n) is 11.4. The van der Waals surface area contributed by atoms with Crippen molar-refractivity contribution in [1.29, 1.82) is 0 Å². The van der Waals surface area contributed by atoms with Crippen molar-refractivity contribution in [3.05, 3.63) is 12.2 Å². The molecule has 0 radical (unpaired) electrons. The molecule has 0 aliphatic rings. The fourth-order valence-corrected chi connectivity index (χ4v) is 1.47. The summed E-state index contributed by atoms with van der Waals surface area (Å²) < 4.78 is 0. The van der Waals surface area contributed by atoms with Crippen LogP contribution in [-0.4, -0.2) is 35.5 Å². The molecule has 0 saturated carbocycles. The maximum absolute atomic E-state index is 11.9. The third-order valence-electron chi connectivity index (χ3n) is 3.21. The number of carboxylic acids is 1. The minimum atomic E-state index is -1.01. The molecule has 4 nitrogen and oxygen atoms in total. The van der Waals surface area contributed by atoms with E-state index in [1.54, 1.807) is 14.0 Å². The van der Waals surface area contributed by atoms with Gasteiger partial charge in [0, 0.05) is 20.0 Å². The van der Waals surface area contributed by atoms with E-state index in [4.69, 9.17) is 0 Å². The van der Waals surface area contributed by atoms with E-state index in [0.717, 1.165) is 5.57 Å². The third kappa shape index (κ3) is 4.21. The second-order valence-corrected chi connectivity index (χ2v) is 5.26. The van der Waals surface area contributed by atoms with Gasteiger partial charge in [-0.1, -0.05) is 26.0 Å². The van der Waals surface area contributed by atoms with Crippen molar-refractivity contribution >= 4 is 11.9 Å². The molecule has 1 N–H and O–H groups in total. The van der Waals surface area contributed by atoms with E-state index in [1.165, 1.54) is 4.90 Å². The molecule has 1 atom stereocenters. The summed E-state index contributed by atoms with van der Waals surface area (Å²) in [5.74, 6) is -1.18. The molecule has 0 aromatic carbocycles. The van der Waals surface area contributed by atoms with E-state index in [0.29, 0.717) is 6.54 Å². The summed E-state index contributed by atoms with van der Waals surface area (Å²) in [5.41, 5.74) is -0.136. The Morgan fingerprint density at radius 2 is 1.88 bits per heavy atom. The van der Waals surface area contributed by atoms with Gasteiger partial charge in [0.25, 0.3) is 0 Å². The minimum Gasteiger partial charge on any atom is -0.481 e. The highest BCUT2D eigenvalue weighted by Gasteiger charge is 2.39. The van der Waals surface area contributed by atoms with Gasteiger partial charge in [0.15, 0.2) is 0 Å². The molecule has 0 fully saturated rings. The van der Waals surface area contributed by atoms with E-state index in [9.17, 15) is 14.7 Å². The largest absolute Gasteiger partial charge is 0.481 e. The molecular formula is C13H23NO3. The lowest BCUT2D eigenvalue weighted by molar-refractivity contribution is -0.155. The number of hydrogen-bond donors (Lipinski definition) is 1. The van der Waals surface area contributed by atoms with Crippen molar-refractivity contribution < 1.29 is 14.7 Å². The number of carbonyl (C=O) groups excluding carboxylic acids is 1. The first-order valence-electron chi connectivity index (χ1n) is 5.73. The summed E-state index contributed by atoms with van der Waals surface area (Å²) in [6.07, 6.45) is 0.0176. The molecule has 0 bridgehead atoms. The second kappa shape index (κ2) is 5.84. The molecule has 0 rings (SSSR count). The van der Waals surface area contributed by atoms with Crippen LogP contribution in [0, 0.1) is 11.3 Å². The highest BCUT2D eigenvalue weighted by molar-refractivity contribution is 5.84. The van der Waals surface area contributed by atoms with Gasteiger partial charge >= 0.3 is 5.97 Å². The molecular weight excluding hydrogens is 218 g/mol. The molecule has 1 amide bonds. The van der Waals surface area contributed by atoms with Crippen molar-refractivity contribution in [2.45, 2.75) is 34.1 Å². The van der Waals surface area contributed by atoms with Crippen molar-refractivity contribution in [2.24, 2.45) is 11.3 Å². The number of carbonyl (C=O) groups is 2. The first-order valence-corrected chi connectivity index (χ1v) is 5.73. The van der Waals surface area contributed by atoms with Gasteiger partial charge in [-0.3, -0.25) is 9.59 Å². The maximum atomic E-state index is 11.9. The summed E-state index contributed by atoms with van der Waals surface area (Å²) in [4.78, 5) is 24.7. The predicted molar refractivity (Wildman–Crippen MR) is 67.6 cm³/mol. The van der Waals surface area contributed by atoms with Crippen LogP contribution >= 0.6 is 0 Å². The summed E-state index contributed by atoms with van der Waals surface area (Å²) in [5, 5.41) is 9.23. The van der Waals surface area contributed by atoms with Gasteiger partial charge in [-0.2, -0.15) is 0 Å². The number of likely N-dealkylation sites (N-methyl/N-ethyl adjacent to an activating group) is 1. The number of amides is 1. The smallest absolute Gasteiger partial charge is 0.310 e. The Bertz CT molecular complexity index is 323. The summed E-state index contributed by atoms with van der Waals surface area (Å²) in [7, 11) is 1.67. The third-order valence-corrected chi connectivity index (χ3v) is 3.21.